The third kappa shape index (κ3) is 4.54. The zero-order valence-electron chi connectivity index (χ0n) is 12.0. The second kappa shape index (κ2) is 6.89. The Kier molecular flexibility index (Phi) is 5.15. The molecule has 7 heteroatoms. The van der Waals surface area contributed by atoms with Crippen molar-refractivity contribution in [2.75, 3.05) is 0 Å². The summed E-state index contributed by atoms with van der Waals surface area (Å²) < 4.78 is 39.4. The van der Waals surface area contributed by atoms with Crippen molar-refractivity contribution >= 4 is 11.4 Å². The van der Waals surface area contributed by atoms with Crippen molar-refractivity contribution in [2.24, 2.45) is 4.99 Å². The van der Waals surface area contributed by atoms with E-state index in [0.717, 1.165) is 19.3 Å². The molecule has 1 fully saturated rings. The van der Waals surface area contributed by atoms with E-state index in [9.17, 15) is 23.3 Å². The molecule has 2 rings (SSSR count). The van der Waals surface area contributed by atoms with Crippen LogP contribution in [0.15, 0.2) is 29.3 Å². The molecule has 4 nitrogen and oxygen atoms in total. The predicted molar refractivity (Wildman–Crippen MR) is 77.2 cm³/mol. The molecule has 1 aromatic carbocycles. The van der Waals surface area contributed by atoms with Crippen LogP contribution < -0.4 is 0 Å². The summed E-state index contributed by atoms with van der Waals surface area (Å²) in [5, 5.41) is 10.6. The molecule has 1 aliphatic carbocycles. The molecule has 0 radical (unpaired) electrons. The Morgan fingerprint density at radius 1 is 1.18 bits per heavy atom. The molecular formula is C15H17F3N2O2. The molecule has 1 aliphatic rings. The number of nitro benzene ring substituents is 1. The highest BCUT2D eigenvalue weighted by Gasteiger charge is 2.36. The van der Waals surface area contributed by atoms with Crippen molar-refractivity contribution in [3.05, 3.63) is 39.9 Å². The van der Waals surface area contributed by atoms with Crippen LogP contribution in [0.2, 0.25) is 0 Å². The van der Waals surface area contributed by atoms with Crippen LogP contribution in [0.3, 0.4) is 0 Å². The van der Waals surface area contributed by atoms with Crippen molar-refractivity contribution in [1.82, 2.24) is 0 Å². The number of hydrogen-bond acceptors (Lipinski definition) is 3. The van der Waals surface area contributed by atoms with Gasteiger partial charge >= 0.3 is 6.18 Å². The van der Waals surface area contributed by atoms with Gasteiger partial charge in [0.05, 0.1) is 11.0 Å². The summed E-state index contributed by atoms with van der Waals surface area (Å²) in [5.74, 6) is 0. The lowest BCUT2D eigenvalue weighted by molar-refractivity contribution is -0.384. The Labute approximate surface area is 126 Å². The van der Waals surface area contributed by atoms with Gasteiger partial charge in [-0.05, 0) is 18.4 Å². The Balaban J connectivity index is 2.15. The van der Waals surface area contributed by atoms with Crippen molar-refractivity contribution in [3.8, 4) is 0 Å². The summed E-state index contributed by atoms with van der Waals surface area (Å²) in [5.41, 5.74) is -0.563. The highest BCUT2D eigenvalue weighted by Crippen LogP contribution is 2.26. The van der Waals surface area contributed by atoms with E-state index in [0.29, 0.717) is 18.4 Å². The molecule has 22 heavy (non-hydrogen) atoms. The van der Waals surface area contributed by atoms with E-state index in [1.807, 2.05) is 0 Å². The number of hydrogen-bond donors (Lipinski definition) is 0. The molecule has 0 amide bonds. The topological polar surface area (TPSA) is 55.5 Å². The summed E-state index contributed by atoms with van der Waals surface area (Å²) in [6.45, 7) is 0. The van der Waals surface area contributed by atoms with Gasteiger partial charge in [0.25, 0.3) is 5.69 Å². The first-order valence-corrected chi connectivity index (χ1v) is 7.23. The van der Waals surface area contributed by atoms with Crippen LogP contribution in [0, 0.1) is 10.1 Å². The van der Waals surface area contributed by atoms with Crippen LogP contribution in [-0.4, -0.2) is 22.9 Å². The zero-order chi connectivity index (χ0) is 16.2. The Bertz CT molecular complexity index is 547. The number of benzene rings is 1. The van der Waals surface area contributed by atoms with Crippen LogP contribution in [0.4, 0.5) is 18.9 Å². The fourth-order valence-electron chi connectivity index (χ4n) is 2.58. The summed E-state index contributed by atoms with van der Waals surface area (Å²) in [4.78, 5) is 13.9. The van der Waals surface area contributed by atoms with Crippen LogP contribution in [0.5, 0.6) is 0 Å². The van der Waals surface area contributed by atoms with Crippen LogP contribution >= 0.6 is 0 Å². The number of alkyl halides is 3. The molecule has 0 unspecified atom stereocenters. The highest BCUT2D eigenvalue weighted by molar-refractivity contribution is 5.91. The van der Waals surface area contributed by atoms with Crippen LogP contribution in [-0.2, 0) is 6.42 Å². The third-order valence-corrected chi connectivity index (χ3v) is 3.76. The fraction of sp³-hybridized carbons (Fsp3) is 0.533. The number of nitrogens with zero attached hydrogens (tertiary/aromatic N) is 2. The quantitative estimate of drug-likeness (QED) is 0.467. The Hall–Kier alpha value is -1.92. The maximum Gasteiger partial charge on any atom is 0.429 e. The average molecular weight is 314 g/mol. The van der Waals surface area contributed by atoms with Crippen molar-refractivity contribution in [2.45, 2.75) is 50.7 Å². The third-order valence-electron chi connectivity index (χ3n) is 3.76. The number of rotatable bonds is 4. The average Bonchev–Trinajstić information content (AvgIpc) is 2.47. The molecule has 0 aromatic heterocycles. The smallest absolute Gasteiger partial charge is 0.281 e. The fourth-order valence-corrected chi connectivity index (χ4v) is 2.58. The maximum atomic E-state index is 13.1. The molecule has 0 atom stereocenters. The molecule has 0 spiro atoms. The lowest BCUT2D eigenvalue weighted by atomic mass is 9.95. The normalized spacial score (nSPS) is 17.5. The first-order chi connectivity index (χ1) is 10.4. The van der Waals surface area contributed by atoms with Gasteiger partial charge in [0, 0.05) is 18.6 Å². The first-order valence-electron chi connectivity index (χ1n) is 7.23. The summed E-state index contributed by atoms with van der Waals surface area (Å²) in [6, 6.07) is 4.86. The molecule has 0 saturated heterocycles. The number of halogens is 3. The van der Waals surface area contributed by atoms with Gasteiger partial charge in [0.2, 0.25) is 0 Å². The van der Waals surface area contributed by atoms with Gasteiger partial charge in [-0.2, -0.15) is 13.2 Å². The monoisotopic (exact) mass is 314 g/mol. The molecule has 1 saturated carbocycles. The second-order valence-corrected chi connectivity index (χ2v) is 5.47. The first kappa shape index (κ1) is 16.5. The van der Waals surface area contributed by atoms with E-state index < -0.39 is 16.8 Å². The van der Waals surface area contributed by atoms with Crippen molar-refractivity contribution < 1.29 is 18.1 Å². The Morgan fingerprint density at radius 3 is 2.27 bits per heavy atom. The van der Waals surface area contributed by atoms with E-state index >= 15 is 0 Å². The van der Waals surface area contributed by atoms with E-state index in [2.05, 4.69) is 4.99 Å². The zero-order valence-corrected chi connectivity index (χ0v) is 12.0. The predicted octanol–water partition coefficient (Wildman–Crippen LogP) is 4.47. The van der Waals surface area contributed by atoms with Gasteiger partial charge < -0.3 is 0 Å². The largest absolute Gasteiger partial charge is 0.429 e. The minimum atomic E-state index is -4.47. The van der Waals surface area contributed by atoms with Crippen LogP contribution in [0.25, 0.3) is 0 Å². The van der Waals surface area contributed by atoms with Crippen molar-refractivity contribution in [1.29, 1.82) is 0 Å². The number of non-ortho nitro benzene ring substituents is 1. The van der Waals surface area contributed by atoms with Crippen molar-refractivity contribution in [3.63, 3.8) is 0 Å². The van der Waals surface area contributed by atoms with Gasteiger partial charge in [-0.25, -0.2) is 0 Å². The SMILES string of the molecule is O=[N+]([O-])c1ccc(CC(=NC2CCCCC2)C(F)(F)F)cc1. The van der Waals surface area contributed by atoms with Gasteiger partial charge in [-0.3, -0.25) is 15.1 Å². The van der Waals surface area contributed by atoms with Gasteiger partial charge in [0.1, 0.15) is 5.71 Å². The van der Waals surface area contributed by atoms with Gasteiger partial charge in [-0.1, -0.05) is 31.4 Å². The number of nitro groups is 1. The lowest BCUT2D eigenvalue weighted by Crippen LogP contribution is -2.28. The Morgan fingerprint density at radius 2 is 1.77 bits per heavy atom. The summed E-state index contributed by atoms with van der Waals surface area (Å²) in [6.07, 6.45) is -0.555. The molecular weight excluding hydrogens is 297 g/mol. The second-order valence-electron chi connectivity index (χ2n) is 5.47. The molecule has 1 aromatic rings. The lowest BCUT2D eigenvalue weighted by Gasteiger charge is -2.20. The van der Waals surface area contributed by atoms with Gasteiger partial charge in [-0.15, -0.1) is 0 Å². The molecule has 120 valence electrons. The molecule has 0 N–H and O–H groups in total. The number of aliphatic imine (C=N–C) groups is 1. The van der Waals surface area contributed by atoms with Crippen LogP contribution in [0.1, 0.15) is 37.7 Å². The van der Waals surface area contributed by atoms with Gasteiger partial charge in [0.15, 0.2) is 0 Å². The molecule has 0 heterocycles. The van der Waals surface area contributed by atoms with E-state index in [1.165, 1.54) is 24.3 Å². The minimum Gasteiger partial charge on any atom is -0.281 e. The minimum absolute atomic E-state index is 0.137. The highest BCUT2D eigenvalue weighted by atomic mass is 19.4. The molecule has 0 aliphatic heterocycles. The van der Waals surface area contributed by atoms with E-state index in [1.54, 1.807) is 0 Å². The molecule has 0 bridgehead atoms. The summed E-state index contributed by atoms with van der Waals surface area (Å²) in [7, 11) is 0. The standard InChI is InChI=1S/C15H17F3N2O2/c16-15(17,18)14(19-12-4-2-1-3-5-12)10-11-6-8-13(9-7-11)20(21)22/h6-9,12H,1-5,10H2. The maximum absolute atomic E-state index is 13.1. The van der Waals surface area contributed by atoms with E-state index in [-0.39, 0.29) is 18.2 Å². The summed E-state index contributed by atoms with van der Waals surface area (Å²) >= 11 is 0. The van der Waals surface area contributed by atoms with E-state index in [4.69, 9.17) is 0 Å².